The maximum atomic E-state index is 10.3. The van der Waals surface area contributed by atoms with Gasteiger partial charge in [0.15, 0.2) is 0 Å². The maximum absolute atomic E-state index is 10.3. The fourth-order valence-corrected chi connectivity index (χ4v) is 2.24. The molecule has 2 heterocycles. The Bertz CT molecular complexity index is 343. The molecule has 0 spiro atoms. The molecule has 4 nitrogen and oxygen atoms in total. The Hall–Kier alpha value is -0.870. The predicted molar refractivity (Wildman–Crippen MR) is 61.1 cm³/mol. The molecule has 1 saturated heterocycles. The Morgan fingerprint density at radius 3 is 3.12 bits per heavy atom. The summed E-state index contributed by atoms with van der Waals surface area (Å²) in [4.78, 5) is 0. The average Bonchev–Trinajstić information content (AvgIpc) is 2.88. The van der Waals surface area contributed by atoms with Crippen LogP contribution in [-0.4, -0.2) is 27.1 Å². The molecule has 1 aromatic heterocycles. The van der Waals surface area contributed by atoms with Gasteiger partial charge in [-0.2, -0.15) is 5.10 Å². The molecule has 1 aromatic rings. The maximum Gasteiger partial charge on any atom is 0.111 e. The minimum absolute atomic E-state index is 0.430. The van der Waals surface area contributed by atoms with Crippen molar-refractivity contribution in [2.45, 2.75) is 51.4 Å². The van der Waals surface area contributed by atoms with Crippen molar-refractivity contribution in [3.8, 4) is 0 Å². The lowest BCUT2D eigenvalue weighted by atomic mass is 9.92. The summed E-state index contributed by atoms with van der Waals surface area (Å²) in [6.45, 7) is 5.72. The quantitative estimate of drug-likeness (QED) is 0.849. The molecule has 0 bridgehead atoms. The Morgan fingerprint density at radius 2 is 2.50 bits per heavy atom. The molecule has 1 fully saturated rings. The second-order valence-electron chi connectivity index (χ2n) is 4.70. The third-order valence-corrected chi connectivity index (χ3v) is 3.25. The summed E-state index contributed by atoms with van der Waals surface area (Å²) >= 11 is 0. The van der Waals surface area contributed by atoms with Crippen LogP contribution in [0.5, 0.6) is 0 Å². The number of aliphatic hydroxyl groups excluding tert-OH is 1. The van der Waals surface area contributed by atoms with E-state index in [1.165, 1.54) is 0 Å². The van der Waals surface area contributed by atoms with Crippen LogP contribution in [0.25, 0.3) is 0 Å². The van der Waals surface area contributed by atoms with E-state index in [4.69, 9.17) is 4.74 Å². The predicted octanol–water partition coefficient (Wildman–Crippen LogP) is 1.90. The zero-order valence-corrected chi connectivity index (χ0v) is 10.0. The van der Waals surface area contributed by atoms with Gasteiger partial charge in [-0.05, 0) is 26.2 Å². The van der Waals surface area contributed by atoms with Crippen LogP contribution < -0.4 is 0 Å². The number of hydrogen-bond acceptors (Lipinski definition) is 3. The van der Waals surface area contributed by atoms with Crippen LogP contribution in [0.3, 0.4) is 0 Å². The van der Waals surface area contributed by atoms with Crippen molar-refractivity contribution in [1.82, 2.24) is 9.78 Å². The Morgan fingerprint density at radius 1 is 1.69 bits per heavy atom. The smallest absolute Gasteiger partial charge is 0.111 e. The van der Waals surface area contributed by atoms with Gasteiger partial charge in [0.2, 0.25) is 0 Å². The number of aliphatic hydroxyl groups is 1. The summed E-state index contributed by atoms with van der Waals surface area (Å²) in [5.41, 5.74) is 0.429. The summed E-state index contributed by atoms with van der Waals surface area (Å²) < 4.78 is 7.51. The fraction of sp³-hybridized carbons (Fsp3) is 0.750. The molecule has 2 atom stereocenters. The largest absolute Gasteiger partial charge is 0.385 e. The van der Waals surface area contributed by atoms with Crippen LogP contribution in [0.15, 0.2) is 12.4 Å². The second-order valence-corrected chi connectivity index (χ2v) is 4.70. The molecule has 0 radical (unpaired) electrons. The van der Waals surface area contributed by atoms with E-state index < -0.39 is 11.7 Å². The van der Waals surface area contributed by atoms with Gasteiger partial charge in [0, 0.05) is 24.9 Å². The lowest BCUT2D eigenvalue weighted by Gasteiger charge is -2.28. The standard InChI is InChI=1S/C12H20N2O2/c1-3-6-14-9-10(8-13-14)11(15)12(2)5-4-7-16-12/h8-9,11,15H,3-7H2,1-2H3. The van der Waals surface area contributed by atoms with E-state index in [0.717, 1.165) is 38.0 Å². The van der Waals surface area contributed by atoms with Crippen molar-refractivity contribution in [2.75, 3.05) is 6.61 Å². The van der Waals surface area contributed by atoms with Gasteiger partial charge < -0.3 is 9.84 Å². The molecule has 1 N–H and O–H groups in total. The van der Waals surface area contributed by atoms with Crippen molar-refractivity contribution < 1.29 is 9.84 Å². The van der Waals surface area contributed by atoms with Gasteiger partial charge in [-0.25, -0.2) is 0 Å². The lowest BCUT2D eigenvalue weighted by molar-refractivity contribution is -0.0796. The lowest BCUT2D eigenvalue weighted by Crippen LogP contribution is -2.31. The molecule has 0 aromatic carbocycles. The zero-order valence-electron chi connectivity index (χ0n) is 10.0. The van der Waals surface area contributed by atoms with Crippen LogP contribution in [0.2, 0.25) is 0 Å². The van der Waals surface area contributed by atoms with Crippen molar-refractivity contribution in [1.29, 1.82) is 0 Å². The highest BCUT2D eigenvalue weighted by Gasteiger charge is 2.38. The van der Waals surface area contributed by atoms with Crippen molar-refractivity contribution >= 4 is 0 Å². The van der Waals surface area contributed by atoms with Gasteiger partial charge in [-0.15, -0.1) is 0 Å². The number of rotatable bonds is 4. The normalized spacial score (nSPS) is 27.2. The van der Waals surface area contributed by atoms with Gasteiger partial charge >= 0.3 is 0 Å². The molecular weight excluding hydrogens is 204 g/mol. The first-order valence-electron chi connectivity index (χ1n) is 6.00. The van der Waals surface area contributed by atoms with E-state index >= 15 is 0 Å². The highest BCUT2D eigenvalue weighted by Crippen LogP contribution is 2.36. The molecule has 4 heteroatoms. The van der Waals surface area contributed by atoms with Gasteiger partial charge in [0.25, 0.3) is 0 Å². The number of aryl methyl sites for hydroxylation is 1. The first-order chi connectivity index (χ1) is 7.65. The number of aromatic nitrogens is 2. The van der Waals surface area contributed by atoms with Gasteiger partial charge in [0.1, 0.15) is 6.10 Å². The third-order valence-electron chi connectivity index (χ3n) is 3.25. The van der Waals surface area contributed by atoms with Crippen molar-refractivity contribution in [3.63, 3.8) is 0 Å². The molecule has 1 aliphatic heterocycles. The fourth-order valence-electron chi connectivity index (χ4n) is 2.24. The molecule has 2 unspecified atom stereocenters. The third kappa shape index (κ3) is 2.13. The monoisotopic (exact) mass is 224 g/mol. The van der Waals surface area contributed by atoms with Gasteiger partial charge in [-0.1, -0.05) is 6.92 Å². The molecule has 0 amide bonds. The van der Waals surface area contributed by atoms with Crippen LogP contribution in [0, 0.1) is 0 Å². The Labute approximate surface area is 96.2 Å². The Kier molecular flexibility index (Phi) is 3.30. The Balaban J connectivity index is 2.10. The first-order valence-corrected chi connectivity index (χ1v) is 6.00. The molecule has 16 heavy (non-hydrogen) atoms. The summed E-state index contributed by atoms with van der Waals surface area (Å²) in [5, 5.41) is 14.5. The summed E-state index contributed by atoms with van der Waals surface area (Å²) in [6, 6.07) is 0. The van der Waals surface area contributed by atoms with E-state index in [0.29, 0.717) is 0 Å². The summed E-state index contributed by atoms with van der Waals surface area (Å²) in [6.07, 6.45) is 6.07. The molecule has 90 valence electrons. The summed E-state index contributed by atoms with van der Waals surface area (Å²) in [5.74, 6) is 0. The average molecular weight is 224 g/mol. The van der Waals surface area contributed by atoms with Gasteiger partial charge in [0.05, 0.1) is 11.8 Å². The van der Waals surface area contributed by atoms with E-state index in [-0.39, 0.29) is 0 Å². The number of hydrogen-bond donors (Lipinski definition) is 1. The molecular formula is C12H20N2O2. The SMILES string of the molecule is CCCn1cc(C(O)C2(C)CCCO2)cn1. The highest BCUT2D eigenvalue weighted by atomic mass is 16.5. The topological polar surface area (TPSA) is 47.3 Å². The second kappa shape index (κ2) is 4.55. The minimum Gasteiger partial charge on any atom is -0.385 e. The van der Waals surface area contributed by atoms with E-state index in [2.05, 4.69) is 12.0 Å². The van der Waals surface area contributed by atoms with Crippen molar-refractivity contribution in [3.05, 3.63) is 18.0 Å². The van der Waals surface area contributed by atoms with Crippen LogP contribution >= 0.6 is 0 Å². The number of nitrogens with zero attached hydrogens (tertiary/aromatic N) is 2. The van der Waals surface area contributed by atoms with Crippen LogP contribution in [0.1, 0.15) is 44.8 Å². The van der Waals surface area contributed by atoms with Crippen molar-refractivity contribution in [2.24, 2.45) is 0 Å². The summed E-state index contributed by atoms with van der Waals surface area (Å²) in [7, 11) is 0. The van der Waals surface area contributed by atoms with Crippen LogP contribution in [0.4, 0.5) is 0 Å². The molecule has 1 aliphatic rings. The van der Waals surface area contributed by atoms with E-state index in [1.807, 2.05) is 17.8 Å². The molecule has 2 rings (SSSR count). The zero-order chi connectivity index (χ0) is 11.6. The molecule has 0 saturated carbocycles. The minimum atomic E-state index is -0.569. The van der Waals surface area contributed by atoms with Gasteiger partial charge in [-0.3, -0.25) is 4.68 Å². The van der Waals surface area contributed by atoms with E-state index in [1.54, 1.807) is 6.20 Å². The first kappa shape index (κ1) is 11.6. The van der Waals surface area contributed by atoms with E-state index in [9.17, 15) is 5.11 Å². The molecule has 0 aliphatic carbocycles. The number of ether oxygens (including phenoxy) is 1. The highest BCUT2D eigenvalue weighted by molar-refractivity contribution is 5.13. The van der Waals surface area contributed by atoms with Crippen LogP contribution in [-0.2, 0) is 11.3 Å².